The number of hydroxylamine groups is 2. The van der Waals surface area contributed by atoms with Crippen LogP contribution < -0.4 is 0 Å². The average molecular weight is 513 g/mol. The SMILES string of the molecule is CC(C)CN(CCC(=O)ON1C(=O)c2ccccc2C1=O)C(=O)OCC1c2ccccc2-c2ccccc21. The van der Waals surface area contributed by atoms with Crippen molar-refractivity contribution in [1.29, 1.82) is 0 Å². The van der Waals surface area contributed by atoms with Gasteiger partial charge >= 0.3 is 12.1 Å². The normalized spacial score (nSPS) is 13.8. The van der Waals surface area contributed by atoms with Crippen molar-refractivity contribution < 1.29 is 28.8 Å². The molecule has 3 amide bonds. The molecule has 0 N–H and O–H groups in total. The molecule has 0 radical (unpaired) electrons. The molecule has 2 aliphatic rings. The van der Waals surface area contributed by atoms with Gasteiger partial charge in [-0.3, -0.25) is 9.59 Å². The molecule has 0 bridgehead atoms. The number of rotatable bonds is 8. The van der Waals surface area contributed by atoms with Crippen LogP contribution in [0.4, 0.5) is 4.79 Å². The topological polar surface area (TPSA) is 93.2 Å². The van der Waals surface area contributed by atoms with E-state index in [9.17, 15) is 19.2 Å². The summed E-state index contributed by atoms with van der Waals surface area (Å²) in [5, 5.41) is 0.479. The van der Waals surface area contributed by atoms with Gasteiger partial charge in [0, 0.05) is 19.0 Å². The molecule has 1 aliphatic heterocycles. The summed E-state index contributed by atoms with van der Waals surface area (Å²) in [6.07, 6.45) is -0.737. The maximum absolute atomic E-state index is 13.1. The summed E-state index contributed by atoms with van der Waals surface area (Å²) in [7, 11) is 0. The van der Waals surface area contributed by atoms with Crippen molar-refractivity contribution in [1.82, 2.24) is 9.96 Å². The Morgan fingerprint density at radius 3 is 1.84 bits per heavy atom. The van der Waals surface area contributed by atoms with Crippen molar-refractivity contribution >= 4 is 23.9 Å². The van der Waals surface area contributed by atoms with Gasteiger partial charge in [-0.25, -0.2) is 9.59 Å². The van der Waals surface area contributed by atoms with E-state index in [4.69, 9.17) is 9.57 Å². The minimum Gasteiger partial charge on any atom is -0.448 e. The third-order valence-electron chi connectivity index (χ3n) is 6.72. The Kier molecular flexibility index (Phi) is 6.96. The van der Waals surface area contributed by atoms with Crippen LogP contribution in [0.15, 0.2) is 72.8 Å². The smallest absolute Gasteiger partial charge is 0.409 e. The number of amides is 3. The predicted octanol–water partition coefficient (Wildman–Crippen LogP) is 5.04. The fourth-order valence-corrected chi connectivity index (χ4v) is 5.01. The zero-order valence-electron chi connectivity index (χ0n) is 21.3. The number of imide groups is 1. The van der Waals surface area contributed by atoms with Crippen LogP contribution in [0.1, 0.15) is 58.0 Å². The number of hydrogen-bond donors (Lipinski definition) is 0. The zero-order chi connectivity index (χ0) is 26.8. The highest BCUT2D eigenvalue weighted by Crippen LogP contribution is 2.44. The lowest BCUT2D eigenvalue weighted by Crippen LogP contribution is -2.38. The van der Waals surface area contributed by atoms with Gasteiger partial charge in [0.15, 0.2) is 0 Å². The highest BCUT2D eigenvalue weighted by Gasteiger charge is 2.38. The van der Waals surface area contributed by atoms with E-state index in [0.29, 0.717) is 11.6 Å². The molecule has 3 aromatic rings. The van der Waals surface area contributed by atoms with Crippen molar-refractivity contribution in [2.45, 2.75) is 26.2 Å². The number of nitrogens with zero attached hydrogens (tertiary/aromatic N) is 2. The maximum Gasteiger partial charge on any atom is 0.409 e. The molecule has 0 aromatic heterocycles. The highest BCUT2D eigenvalue weighted by molar-refractivity contribution is 6.20. The zero-order valence-corrected chi connectivity index (χ0v) is 21.3. The van der Waals surface area contributed by atoms with Crippen LogP contribution in [0, 0.1) is 5.92 Å². The Morgan fingerprint density at radius 1 is 0.816 bits per heavy atom. The van der Waals surface area contributed by atoms with E-state index in [1.807, 2.05) is 38.1 Å². The molecule has 0 atom stereocenters. The Hall–Kier alpha value is -4.46. The molecule has 38 heavy (non-hydrogen) atoms. The monoisotopic (exact) mass is 512 g/mol. The Balaban J connectivity index is 1.21. The van der Waals surface area contributed by atoms with Gasteiger partial charge in [-0.05, 0) is 40.3 Å². The van der Waals surface area contributed by atoms with Crippen LogP contribution in [-0.2, 0) is 14.4 Å². The second-order valence-electron chi connectivity index (χ2n) is 9.81. The lowest BCUT2D eigenvalue weighted by atomic mass is 9.98. The van der Waals surface area contributed by atoms with Crippen molar-refractivity contribution in [2.75, 3.05) is 19.7 Å². The summed E-state index contributed by atoms with van der Waals surface area (Å²) in [4.78, 5) is 57.1. The fraction of sp³-hybridized carbons (Fsp3) is 0.267. The van der Waals surface area contributed by atoms with Crippen LogP contribution in [0.5, 0.6) is 0 Å². The number of hydrogen-bond acceptors (Lipinski definition) is 6. The summed E-state index contributed by atoms with van der Waals surface area (Å²) < 4.78 is 5.76. The predicted molar refractivity (Wildman–Crippen MR) is 139 cm³/mol. The average Bonchev–Trinajstić information content (AvgIpc) is 3.37. The highest BCUT2D eigenvalue weighted by atomic mass is 16.7. The van der Waals surface area contributed by atoms with Gasteiger partial charge in [-0.2, -0.15) is 0 Å². The van der Waals surface area contributed by atoms with Gasteiger partial charge in [-0.1, -0.05) is 79.6 Å². The summed E-state index contributed by atoms with van der Waals surface area (Å²) in [5.74, 6) is -2.11. The molecule has 3 aromatic carbocycles. The third-order valence-corrected chi connectivity index (χ3v) is 6.72. The van der Waals surface area contributed by atoms with Gasteiger partial charge < -0.3 is 14.5 Å². The van der Waals surface area contributed by atoms with Crippen molar-refractivity contribution in [3.8, 4) is 11.1 Å². The van der Waals surface area contributed by atoms with Gasteiger partial charge in [0.2, 0.25) is 0 Å². The molecule has 0 fully saturated rings. The summed E-state index contributed by atoms with van der Waals surface area (Å²) in [6.45, 7) is 4.48. The summed E-state index contributed by atoms with van der Waals surface area (Å²) in [5.41, 5.74) is 4.87. The molecule has 8 nitrogen and oxygen atoms in total. The molecule has 1 heterocycles. The fourth-order valence-electron chi connectivity index (χ4n) is 5.01. The summed E-state index contributed by atoms with van der Waals surface area (Å²) >= 11 is 0. The minimum atomic E-state index is -0.792. The third kappa shape index (κ3) is 4.77. The first-order valence-electron chi connectivity index (χ1n) is 12.6. The molecule has 194 valence electrons. The number of carbonyl (C=O) groups excluding carboxylic acids is 4. The first kappa shape index (κ1) is 25.2. The number of fused-ring (bicyclic) bond motifs is 4. The van der Waals surface area contributed by atoms with Crippen LogP contribution in [0.2, 0.25) is 0 Å². The molecular formula is C30H28N2O6. The molecule has 0 spiro atoms. The van der Waals surface area contributed by atoms with E-state index in [1.54, 1.807) is 12.1 Å². The van der Waals surface area contributed by atoms with E-state index in [2.05, 4.69) is 24.3 Å². The van der Waals surface area contributed by atoms with Crippen LogP contribution in [-0.4, -0.2) is 53.5 Å². The Labute approximate surface area is 220 Å². The first-order valence-corrected chi connectivity index (χ1v) is 12.6. The summed E-state index contributed by atoms with van der Waals surface area (Å²) in [6, 6.07) is 22.5. The molecule has 1 aliphatic carbocycles. The molecule has 5 rings (SSSR count). The molecule has 0 unspecified atom stereocenters. The molecular weight excluding hydrogens is 484 g/mol. The van der Waals surface area contributed by atoms with Crippen molar-refractivity contribution in [2.24, 2.45) is 5.92 Å². The second kappa shape index (κ2) is 10.5. The van der Waals surface area contributed by atoms with Crippen molar-refractivity contribution in [3.05, 3.63) is 95.1 Å². The molecule has 0 saturated heterocycles. The molecule has 0 saturated carbocycles. The maximum atomic E-state index is 13.1. The standard InChI is InChI=1S/C30H28N2O6/c1-19(2)17-31(16-15-27(33)38-32-28(34)24-13-7-8-14-25(24)29(32)35)30(36)37-18-26-22-11-5-3-9-20(22)21-10-4-6-12-23(21)26/h3-14,19,26H,15-18H2,1-2H3. The van der Waals surface area contributed by atoms with Crippen molar-refractivity contribution in [3.63, 3.8) is 0 Å². The van der Waals surface area contributed by atoms with Gasteiger partial charge in [0.25, 0.3) is 11.8 Å². The Morgan fingerprint density at radius 2 is 1.32 bits per heavy atom. The van der Waals surface area contributed by atoms with Crippen LogP contribution in [0.25, 0.3) is 11.1 Å². The largest absolute Gasteiger partial charge is 0.448 e. The minimum absolute atomic E-state index is 0.0247. The molecule has 8 heteroatoms. The van der Waals surface area contributed by atoms with E-state index in [0.717, 1.165) is 22.3 Å². The first-order chi connectivity index (χ1) is 18.3. The number of carbonyl (C=O) groups is 4. The lowest BCUT2D eigenvalue weighted by Gasteiger charge is -2.25. The van der Waals surface area contributed by atoms with Gasteiger partial charge in [0.1, 0.15) is 6.61 Å². The second-order valence-corrected chi connectivity index (χ2v) is 9.81. The van der Waals surface area contributed by atoms with Crippen LogP contribution in [0.3, 0.4) is 0 Å². The lowest BCUT2D eigenvalue weighted by molar-refractivity contribution is -0.168. The number of ether oxygens (including phenoxy) is 1. The van der Waals surface area contributed by atoms with E-state index in [1.165, 1.54) is 17.0 Å². The van der Waals surface area contributed by atoms with Gasteiger partial charge in [-0.15, -0.1) is 0 Å². The number of benzene rings is 3. The van der Waals surface area contributed by atoms with E-state index < -0.39 is 23.9 Å². The Bertz CT molecular complexity index is 1330. The van der Waals surface area contributed by atoms with Gasteiger partial charge in [0.05, 0.1) is 17.5 Å². The van der Waals surface area contributed by atoms with Crippen LogP contribution >= 0.6 is 0 Å². The quantitative estimate of drug-likeness (QED) is 0.393. The van der Waals surface area contributed by atoms with E-state index >= 15 is 0 Å². The van der Waals surface area contributed by atoms with E-state index in [-0.39, 0.29) is 42.5 Å².